The standard InChI is InChI=1S/C6H9B/c1-4(2)6-5-3-7(5)6/h4H,3H2,1-2H3. The van der Waals surface area contributed by atoms with Crippen LogP contribution in [-0.2, 0) is 0 Å². The molecule has 2 aliphatic rings. The predicted molar refractivity (Wildman–Crippen MR) is 32.4 cm³/mol. The summed E-state index contributed by atoms with van der Waals surface area (Å²) in [5, 5.41) is 0. The highest BCUT2D eigenvalue weighted by atomic mass is 14.3. The van der Waals surface area contributed by atoms with Crippen LogP contribution < -0.4 is 0 Å². The van der Waals surface area contributed by atoms with Crippen LogP contribution >= 0.6 is 0 Å². The summed E-state index contributed by atoms with van der Waals surface area (Å²) in [6.07, 6.45) is 1.45. The second kappa shape index (κ2) is 0.817. The lowest BCUT2D eigenvalue weighted by atomic mass is 9.73. The van der Waals surface area contributed by atoms with E-state index >= 15 is 0 Å². The molecule has 2 rings (SSSR count). The van der Waals surface area contributed by atoms with E-state index in [0.29, 0.717) is 0 Å². The average Bonchev–Trinajstić information content (AvgIpc) is 2.02. The number of hydrogen-bond acceptors (Lipinski definition) is 0. The normalized spacial score (nSPS) is 23.6. The van der Waals surface area contributed by atoms with Crippen molar-refractivity contribution >= 4 is 6.71 Å². The van der Waals surface area contributed by atoms with Gasteiger partial charge in [-0.2, -0.15) is 0 Å². The summed E-state index contributed by atoms with van der Waals surface area (Å²) in [6, 6.07) is 0. The molecule has 0 amide bonds. The molecule has 1 heteroatoms. The van der Waals surface area contributed by atoms with Crippen molar-refractivity contribution in [3.63, 3.8) is 0 Å². The molecule has 2 heterocycles. The molecular weight excluding hydrogens is 82.9 g/mol. The van der Waals surface area contributed by atoms with Crippen molar-refractivity contribution in [2.75, 3.05) is 0 Å². The molecule has 2 aliphatic heterocycles. The van der Waals surface area contributed by atoms with Crippen LogP contribution in [0.1, 0.15) is 13.8 Å². The highest BCUT2D eigenvalue weighted by Crippen LogP contribution is 2.55. The minimum atomic E-state index is 0.869. The van der Waals surface area contributed by atoms with Gasteiger partial charge in [0.2, 0.25) is 0 Å². The number of hydrogen-bond donors (Lipinski definition) is 0. The Morgan fingerprint density at radius 2 is 2.14 bits per heavy atom. The highest BCUT2D eigenvalue weighted by molar-refractivity contribution is 6.98. The SMILES string of the molecule is CC(C)C1=C2CB21. The van der Waals surface area contributed by atoms with Crippen LogP contribution in [0.3, 0.4) is 0 Å². The highest BCUT2D eigenvalue weighted by Gasteiger charge is 2.54. The van der Waals surface area contributed by atoms with Gasteiger partial charge in [0.25, 0.3) is 0 Å². The van der Waals surface area contributed by atoms with Crippen molar-refractivity contribution in [2.24, 2.45) is 5.92 Å². The molecule has 0 aromatic heterocycles. The molecule has 0 radical (unpaired) electrons. The Morgan fingerprint density at radius 1 is 1.57 bits per heavy atom. The van der Waals surface area contributed by atoms with Crippen LogP contribution in [0.15, 0.2) is 10.9 Å². The minimum Gasteiger partial charge on any atom is -0.111 e. The van der Waals surface area contributed by atoms with Crippen LogP contribution in [0.4, 0.5) is 0 Å². The topological polar surface area (TPSA) is 0 Å². The van der Waals surface area contributed by atoms with E-state index in [1.807, 2.05) is 0 Å². The summed E-state index contributed by atoms with van der Waals surface area (Å²) in [4.78, 5) is 0. The molecule has 7 heavy (non-hydrogen) atoms. The van der Waals surface area contributed by atoms with E-state index in [1.165, 1.54) is 6.32 Å². The zero-order chi connectivity index (χ0) is 5.02. The molecule has 0 N–H and O–H groups in total. The van der Waals surface area contributed by atoms with E-state index in [9.17, 15) is 0 Å². The number of fused-ring (bicyclic) bond motifs is 1. The Kier molecular flexibility index (Phi) is 0.440. The Hall–Kier alpha value is -0.195. The molecule has 0 unspecified atom stereocenters. The van der Waals surface area contributed by atoms with E-state index in [4.69, 9.17) is 0 Å². The predicted octanol–water partition coefficient (Wildman–Crippen LogP) is 1.54. The largest absolute Gasteiger partial charge is 0.200 e. The third-order valence-electron chi connectivity index (χ3n) is 1.97. The maximum atomic E-state index is 2.29. The third-order valence-corrected chi connectivity index (χ3v) is 1.97. The van der Waals surface area contributed by atoms with Crippen molar-refractivity contribution < 1.29 is 0 Å². The van der Waals surface area contributed by atoms with Crippen LogP contribution in [-0.4, -0.2) is 6.71 Å². The molecule has 1 saturated heterocycles. The molecule has 0 aromatic carbocycles. The summed E-state index contributed by atoms with van der Waals surface area (Å²) < 4.78 is 0. The van der Waals surface area contributed by atoms with Gasteiger partial charge in [-0.25, -0.2) is 0 Å². The molecule has 0 atom stereocenters. The van der Waals surface area contributed by atoms with Gasteiger partial charge >= 0.3 is 0 Å². The van der Waals surface area contributed by atoms with Gasteiger partial charge in [0.05, 0.1) is 0 Å². The third kappa shape index (κ3) is 0.336. The van der Waals surface area contributed by atoms with Gasteiger partial charge in [0.1, 0.15) is 0 Å². The Morgan fingerprint density at radius 3 is 2.14 bits per heavy atom. The first-order valence-electron chi connectivity index (χ1n) is 3.03. The first-order chi connectivity index (χ1) is 3.30. The lowest BCUT2D eigenvalue weighted by molar-refractivity contribution is 0.815. The maximum absolute atomic E-state index is 2.29. The molecule has 0 aliphatic carbocycles. The second-order valence-electron chi connectivity index (χ2n) is 2.89. The zero-order valence-corrected chi connectivity index (χ0v) is 4.86. The van der Waals surface area contributed by atoms with E-state index in [2.05, 4.69) is 13.8 Å². The first kappa shape index (κ1) is 3.76. The van der Waals surface area contributed by atoms with Gasteiger partial charge in [-0.15, -0.1) is 10.9 Å². The average molecular weight is 91.9 g/mol. The van der Waals surface area contributed by atoms with E-state index < -0.39 is 0 Å². The van der Waals surface area contributed by atoms with Crippen molar-refractivity contribution in [3.8, 4) is 0 Å². The minimum absolute atomic E-state index is 0.869. The van der Waals surface area contributed by atoms with Crippen LogP contribution in [0.5, 0.6) is 0 Å². The maximum Gasteiger partial charge on any atom is 0.200 e. The van der Waals surface area contributed by atoms with E-state index in [-0.39, 0.29) is 0 Å². The molecular formula is C6H9B. The lowest BCUT2D eigenvalue weighted by Crippen LogP contribution is -1.90. The fourth-order valence-electron chi connectivity index (χ4n) is 1.37. The Bertz CT molecular complexity index is 144. The summed E-state index contributed by atoms with van der Waals surface area (Å²) >= 11 is 0. The van der Waals surface area contributed by atoms with Crippen molar-refractivity contribution in [1.82, 2.24) is 0 Å². The quantitative estimate of drug-likeness (QED) is 0.430. The summed E-state index contributed by atoms with van der Waals surface area (Å²) in [5.41, 5.74) is 3.56. The molecule has 0 spiro atoms. The van der Waals surface area contributed by atoms with Crippen LogP contribution in [0.25, 0.3) is 0 Å². The van der Waals surface area contributed by atoms with Crippen LogP contribution in [0.2, 0.25) is 6.32 Å². The molecule has 0 nitrogen and oxygen atoms in total. The smallest absolute Gasteiger partial charge is 0.111 e. The first-order valence-corrected chi connectivity index (χ1v) is 3.03. The molecule has 0 aromatic rings. The fraction of sp³-hybridized carbons (Fsp3) is 0.667. The molecule has 0 saturated carbocycles. The Balaban J connectivity index is 2.13. The molecule has 36 valence electrons. The van der Waals surface area contributed by atoms with Gasteiger partial charge in [0.15, 0.2) is 6.71 Å². The van der Waals surface area contributed by atoms with Gasteiger partial charge in [-0.05, 0) is 5.92 Å². The summed E-state index contributed by atoms with van der Waals surface area (Å²) in [6.45, 7) is 5.61. The molecule has 1 fully saturated rings. The zero-order valence-electron chi connectivity index (χ0n) is 4.86. The molecule has 0 bridgehead atoms. The van der Waals surface area contributed by atoms with Crippen molar-refractivity contribution in [3.05, 3.63) is 10.9 Å². The van der Waals surface area contributed by atoms with E-state index in [0.717, 1.165) is 12.6 Å². The van der Waals surface area contributed by atoms with E-state index in [1.54, 1.807) is 10.9 Å². The van der Waals surface area contributed by atoms with Crippen LogP contribution in [0, 0.1) is 5.92 Å². The Labute approximate surface area is 44.7 Å². The number of allylic oxidation sites excluding steroid dienone is 2. The second-order valence-corrected chi connectivity index (χ2v) is 2.89. The van der Waals surface area contributed by atoms with Gasteiger partial charge in [0, 0.05) is 0 Å². The summed E-state index contributed by atoms with van der Waals surface area (Å²) in [7, 11) is 0. The van der Waals surface area contributed by atoms with Crippen molar-refractivity contribution in [2.45, 2.75) is 20.2 Å². The monoisotopic (exact) mass is 92.1 g/mol. The van der Waals surface area contributed by atoms with Crippen molar-refractivity contribution in [1.29, 1.82) is 0 Å². The lowest BCUT2D eigenvalue weighted by Gasteiger charge is -1.97. The fourth-order valence-corrected chi connectivity index (χ4v) is 1.37. The van der Waals surface area contributed by atoms with Gasteiger partial charge < -0.3 is 0 Å². The van der Waals surface area contributed by atoms with Gasteiger partial charge in [-0.1, -0.05) is 20.2 Å². The summed E-state index contributed by atoms with van der Waals surface area (Å²) in [5.74, 6) is 0.869. The van der Waals surface area contributed by atoms with Gasteiger partial charge in [-0.3, -0.25) is 0 Å². The number of rotatable bonds is 1.